The molecule has 0 rings (SSSR count). The van der Waals surface area contributed by atoms with Crippen molar-refractivity contribution in [2.24, 2.45) is 0 Å². The lowest BCUT2D eigenvalue weighted by Crippen LogP contribution is -2.35. The SMILES string of the molecule is CCN(CC)C(=O)C(C)=C(C)C(=O)N(CC)CC. The topological polar surface area (TPSA) is 40.6 Å². The van der Waals surface area contributed by atoms with Gasteiger partial charge in [-0.1, -0.05) is 0 Å². The summed E-state index contributed by atoms with van der Waals surface area (Å²) < 4.78 is 0. The van der Waals surface area contributed by atoms with E-state index in [0.717, 1.165) is 0 Å². The zero-order chi connectivity index (χ0) is 14.3. The van der Waals surface area contributed by atoms with Gasteiger partial charge in [0, 0.05) is 37.3 Å². The van der Waals surface area contributed by atoms with Crippen molar-refractivity contribution in [3.8, 4) is 0 Å². The molecule has 0 aliphatic heterocycles. The molecular formula is C14H26N2O2. The van der Waals surface area contributed by atoms with E-state index in [1.165, 1.54) is 0 Å². The number of hydrogen-bond donors (Lipinski definition) is 0. The van der Waals surface area contributed by atoms with Crippen molar-refractivity contribution in [3.05, 3.63) is 11.1 Å². The summed E-state index contributed by atoms with van der Waals surface area (Å²) in [4.78, 5) is 27.8. The third-order valence-electron chi connectivity index (χ3n) is 3.31. The van der Waals surface area contributed by atoms with Crippen molar-refractivity contribution >= 4 is 11.8 Å². The van der Waals surface area contributed by atoms with Crippen LogP contribution in [0.3, 0.4) is 0 Å². The first kappa shape index (κ1) is 16.7. The van der Waals surface area contributed by atoms with Crippen LogP contribution in [-0.2, 0) is 9.59 Å². The summed E-state index contributed by atoms with van der Waals surface area (Å²) >= 11 is 0. The smallest absolute Gasteiger partial charge is 0.249 e. The molecule has 0 aromatic carbocycles. The van der Waals surface area contributed by atoms with E-state index in [1.807, 2.05) is 27.7 Å². The van der Waals surface area contributed by atoms with Gasteiger partial charge in [0.2, 0.25) is 11.8 Å². The van der Waals surface area contributed by atoms with Gasteiger partial charge in [0.25, 0.3) is 0 Å². The second kappa shape index (κ2) is 7.90. The standard InChI is InChI=1S/C14H26N2O2/c1-7-15(8-2)13(17)11(5)12(6)14(18)16(9-3)10-4/h7-10H2,1-6H3. The van der Waals surface area contributed by atoms with E-state index in [9.17, 15) is 9.59 Å². The Morgan fingerprint density at radius 3 is 1.06 bits per heavy atom. The average molecular weight is 254 g/mol. The van der Waals surface area contributed by atoms with Gasteiger partial charge in [-0.2, -0.15) is 0 Å². The molecule has 0 aliphatic carbocycles. The summed E-state index contributed by atoms with van der Waals surface area (Å²) in [5.74, 6) is -0.0870. The molecule has 0 saturated carbocycles. The maximum Gasteiger partial charge on any atom is 0.249 e. The van der Waals surface area contributed by atoms with Gasteiger partial charge in [0.05, 0.1) is 0 Å². The predicted octanol–water partition coefficient (Wildman–Crippen LogP) is 2.06. The number of hydrogen-bond acceptors (Lipinski definition) is 2. The van der Waals surface area contributed by atoms with E-state index in [4.69, 9.17) is 0 Å². The van der Waals surface area contributed by atoms with Crippen molar-refractivity contribution in [1.29, 1.82) is 0 Å². The summed E-state index contributed by atoms with van der Waals surface area (Å²) in [6.45, 7) is 13.9. The Balaban J connectivity index is 5.11. The van der Waals surface area contributed by atoms with Crippen LogP contribution in [0.2, 0.25) is 0 Å². The molecule has 0 bridgehead atoms. The zero-order valence-electron chi connectivity index (χ0n) is 12.5. The number of carbonyl (C=O) groups is 2. The molecule has 0 heterocycles. The van der Waals surface area contributed by atoms with Gasteiger partial charge in [-0.3, -0.25) is 9.59 Å². The van der Waals surface area contributed by atoms with Gasteiger partial charge in [0.1, 0.15) is 0 Å². The number of rotatable bonds is 6. The summed E-state index contributed by atoms with van der Waals surface area (Å²) in [6, 6.07) is 0. The molecular weight excluding hydrogens is 228 g/mol. The van der Waals surface area contributed by atoms with E-state index in [0.29, 0.717) is 37.3 Å². The lowest BCUT2D eigenvalue weighted by atomic mass is 10.1. The number of likely N-dealkylation sites (N-methyl/N-ethyl adjacent to an activating group) is 2. The highest BCUT2D eigenvalue weighted by Crippen LogP contribution is 2.11. The third-order valence-corrected chi connectivity index (χ3v) is 3.31. The molecule has 0 aliphatic rings. The quantitative estimate of drug-likeness (QED) is 0.681. The monoisotopic (exact) mass is 254 g/mol. The molecule has 18 heavy (non-hydrogen) atoms. The van der Waals surface area contributed by atoms with Crippen molar-refractivity contribution in [1.82, 2.24) is 9.80 Å². The summed E-state index contributed by atoms with van der Waals surface area (Å²) in [5, 5.41) is 0. The van der Waals surface area contributed by atoms with Crippen LogP contribution in [0.1, 0.15) is 41.5 Å². The van der Waals surface area contributed by atoms with Crippen LogP contribution in [-0.4, -0.2) is 47.8 Å². The molecule has 4 nitrogen and oxygen atoms in total. The zero-order valence-corrected chi connectivity index (χ0v) is 12.5. The Morgan fingerprint density at radius 2 is 0.889 bits per heavy atom. The Hall–Kier alpha value is -1.32. The maximum atomic E-state index is 12.1. The fourth-order valence-electron chi connectivity index (χ4n) is 1.82. The molecule has 4 heteroatoms. The molecule has 0 unspecified atom stereocenters. The number of carbonyl (C=O) groups excluding carboxylic acids is 2. The predicted molar refractivity (Wildman–Crippen MR) is 74.2 cm³/mol. The minimum Gasteiger partial charge on any atom is -0.339 e. The van der Waals surface area contributed by atoms with Crippen LogP contribution >= 0.6 is 0 Å². The van der Waals surface area contributed by atoms with Gasteiger partial charge >= 0.3 is 0 Å². The van der Waals surface area contributed by atoms with E-state index >= 15 is 0 Å². The van der Waals surface area contributed by atoms with Crippen LogP contribution in [0.15, 0.2) is 11.1 Å². The van der Waals surface area contributed by atoms with Gasteiger partial charge in [0.15, 0.2) is 0 Å². The fraction of sp³-hybridized carbons (Fsp3) is 0.714. The van der Waals surface area contributed by atoms with E-state index in [2.05, 4.69) is 0 Å². The van der Waals surface area contributed by atoms with Crippen LogP contribution in [0.5, 0.6) is 0 Å². The normalized spacial score (nSPS) is 11.9. The molecule has 2 amide bonds. The van der Waals surface area contributed by atoms with E-state index < -0.39 is 0 Å². The first-order chi connectivity index (χ1) is 8.44. The van der Waals surface area contributed by atoms with Crippen molar-refractivity contribution in [2.75, 3.05) is 26.2 Å². The fourth-order valence-corrected chi connectivity index (χ4v) is 1.82. The van der Waals surface area contributed by atoms with Crippen molar-refractivity contribution < 1.29 is 9.59 Å². The lowest BCUT2D eigenvalue weighted by molar-refractivity contribution is -0.129. The van der Waals surface area contributed by atoms with Crippen LogP contribution in [0.4, 0.5) is 0 Å². The highest BCUT2D eigenvalue weighted by atomic mass is 16.2. The van der Waals surface area contributed by atoms with E-state index in [-0.39, 0.29) is 11.8 Å². The highest BCUT2D eigenvalue weighted by molar-refractivity contribution is 6.03. The molecule has 0 spiro atoms. The van der Waals surface area contributed by atoms with Crippen molar-refractivity contribution in [3.63, 3.8) is 0 Å². The molecule has 0 radical (unpaired) electrons. The minimum absolute atomic E-state index is 0.0435. The van der Waals surface area contributed by atoms with Gasteiger partial charge < -0.3 is 9.80 Å². The first-order valence-electron chi connectivity index (χ1n) is 6.70. The lowest BCUT2D eigenvalue weighted by Gasteiger charge is -2.23. The second-order valence-electron chi connectivity index (χ2n) is 4.20. The molecule has 0 atom stereocenters. The molecule has 0 fully saturated rings. The third kappa shape index (κ3) is 3.86. The molecule has 0 aromatic heterocycles. The van der Waals surface area contributed by atoms with Gasteiger partial charge in [-0.15, -0.1) is 0 Å². The Morgan fingerprint density at radius 1 is 0.667 bits per heavy atom. The molecule has 0 aromatic rings. The summed E-state index contributed by atoms with van der Waals surface area (Å²) in [5.41, 5.74) is 1.10. The maximum absolute atomic E-state index is 12.1. The molecule has 0 N–H and O–H groups in total. The van der Waals surface area contributed by atoms with Crippen LogP contribution in [0, 0.1) is 0 Å². The van der Waals surface area contributed by atoms with Crippen molar-refractivity contribution in [2.45, 2.75) is 41.5 Å². The molecule has 0 saturated heterocycles. The minimum atomic E-state index is -0.0435. The Labute approximate surface area is 111 Å². The number of amides is 2. The highest BCUT2D eigenvalue weighted by Gasteiger charge is 2.19. The van der Waals surface area contributed by atoms with Crippen LogP contribution < -0.4 is 0 Å². The largest absolute Gasteiger partial charge is 0.339 e. The second-order valence-corrected chi connectivity index (χ2v) is 4.20. The van der Waals surface area contributed by atoms with Gasteiger partial charge in [-0.05, 0) is 41.5 Å². The summed E-state index contributed by atoms with van der Waals surface area (Å²) in [6.07, 6.45) is 0. The Kier molecular flexibility index (Phi) is 7.32. The summed E-state index contributed by atoms with van der Waals surface area (Å²) in [7, 11) is 0. The van der Waals surface area contributed by atoms with E-state index in [1.54, 1.807) is 23.6 Å². The average Bonchev–Trinajstić information content (AvgIpc) is 2.39. The number of nitrogens with zero attached hydrogens (tertiary/aromatic N) is 2. The van der Waals surface area contributed by atoms with Gasteiger partial charge in [-0.25, -0.2) is 0 Å². The molecule has 104 valence electrons. The Bertz CT molecular complexity index is 295. The van der Waals surface area contributed by atoms with Crippen LogP contribution in [0.25, 0.3) is 0 Å². The first-order valence-corrected chi connectivity index (χ1v) is 6.70.